The number of amides is 1. The van der Waals surface area contributed by atoms with Gasteiger partial charge >= 0.3 is 0 Å². The van der Waals surface area contributed by atoms with E-state index in [4.69, 9.17) is 0 Å². The molecular weight excluding hydrogens is 176 g/mol. The van der Waals surface area contributed by atoms with Crippen LogP contribution in [-0.4, -0.2) is 16.4 Å². The summed E-state index contributed by atoms with van der Waals surface area (Å²) in [5.74, 6) is 0.398. The van der Waals surface area contributed by atoms with Gasteiger partial charge in [-0.05, 0) is 31.5 Å². The maximum atomic E-state index is 11.3. The summed E-state index contributed by atoms with van der Waals surface area (Å²) in [7, 11) is 0. The second kappa shape index (κ2) is 3.08. The van der Waals surface area contributed by atoms with Crippen LogP contribution in [-0.2, 0) is 4.79 Å². The Morgan fingerprint density at radius 3 is 2.57 bits per heavy atom. The lowest BCUT2D eigenvalue weighted by atomic mass is 9.84. The third-order valence-electron chi connectivity index (χ3n) is 2.83. The molecule has 3 nitrogen and oxygen atoms in total. The average Bonchev–Trinajstić information content (AvgIpc) is 2.41. The first-order valence-corrected chi connectivity index (χ1v) is 4.80. The van der Waals surface area contributed by atoms with Crippen molar-refractivity contribution < 1.29 is 4.79 Å². The molecule has 2 heterocycles. The molecule has 74 valence electrons. The van der Waals surface area contributed by atoms with Crippen LogP contribution in [0.2, 0.25) is 0 Å². The monoisotopic (exact) mass is 190 g/mol. The third-order valence-corrected chi connectivity index (χ3v) is 2.83. The van der Waals surface area contributed by atoms with Gasteiger partial charge in [0.2, 0.25) is 5.91 Å². The third kappa shape index (κ3) is 1.50. The minimum atomic E-state index is -0.140. The van der Waals surface area contributed by atoms with E-state index in [1.54, 1.807) is 12.4 Å². The van der Waals surface area contributed by atoms with E-state index in [1.165, 1.54) is 5.56 Å². The number of nitrogens with one attached hydrogen (secondary N) is 1. The highest BCUT2D eigenvalue weighted by Gasteiger charge is 2.39. The van der Waals surface area contributed by atoms with E-state index in [0.29, 0.717) is 6.42 Å². The Balaban J connectivity index is 2.32. The summed E-state index contributed by atoms with van der Waals surface area (Å²) in [4.78, 5) is 15.3. The normalized spacial score (nSPS) is 24.7. The molecule has 1 aliphatic rings. The Morgan fingerprint density at radius 1 is 1.43 bits per heavy atom. The Labute approximate surface area is 83.5 Å². The number of hydrogen-bond donors (Lipinski definition) is 1. The van der Waals surface area contributed by atoms with Gasteiger partial charge in [-0.2, -0.15) is 0 Å². The van der Waals surface area contributed by atoms with Gasteiger partial charge in [-0.25, -0.2) is 0 Å². The van der Waals surface area contributed by atoms with Gasteiger partial charge in [-0.1, -0.05) is 0 Å². The molecule has 0 radical (unpaired) electrons. The van der Waals surface area contributed by atoms with E-state index in [-0.39, 0.29) is 17.4 Å². The first-order valence-electron chi connectivity index (χ1n) is 4.80. The van der Waals surface area contributed by atoms with E-state index < -0.39 is 0 Å². The zero-order valence-electron chi connectivity index (χ0n) is 8.45. The van der Waals surface area contributed by atoms with Gasteiger partial charge in [0, 0.05) is 30.3 Å². The SMILES string of the molecule is CC1(C)NC(=O)CC1c1ccncc1. The Morgan fingerprint density at radius 2 is 2.07 bits per heavy atom. The smallest absolute Gasteiger partial charge is 0.221 e. The first kappa shape index (κ1) is 9.19. The predicted molar refractivity (Wildman–Crippen MR) is 53.8 cm³/mol. The lowest BCUT2D eigenvalue weighted by Crippen LogP contribution is -2.38. The molecule has 1 fully saturated rings. The highest BCUT2D eigenvalue weighted by Crippen LogP contribution is 2.35. The first-order chi connectivity index (χ1) is 6.59. The van der Waals surface area contributed by atoms with E-state index in [9.17, 15) is 4.79 Å². The van der Waals surface area contributed by atoms with E-state index >= 15 is 0 Å². The van der Waals surface area contributed by atoms with Crippen LogP contribution in [0.3, 0.4) is 0 Å². The van der Waals surface area contributed by atoms with Crippen molar-refractivity contribution in [3.63, 3.8) is 0 Å². The molecule has 1 aliphatic heterocycles. The van der Waals surface area contributed by atoms with Crippen LogP contribution in [0.15, 0.2) is 24.5 Å². The summed E-state index contributed by atoms with van der Waals surface area (Å²) in [6, 6.07) is 3.96. The highest BCUT2D eigenvalue weighted by molar-refractivity contribution is 5.81. The predicted octanol–water partition coefficient (Wildman–Crippen LogP) is 1.46. The number of nitrogens with zero attached hydrogens (tertiary/aromatic N) is 1. The fourth-order valence-corrected chi connectivity index (χ4v) is 2.07. The van der Waals surface area contributed by atoms with Crippen LogP contribution in [0.25, 0.3) is 0 Å². The minimum Gasteiger partial charge on any atom is -0.351 e. The molecule has 0 aromatic carbocycles. The van der Waals surface area contributed by atoms with Gasteiger partial charge < -0.3 is 5.32 Å². The molecule has 1 saturated heterocycles. The maximum Gasteiger partial charge on any atom is 0.221 e. The van der Waals surface area contributed by atoms with Crippen molar-refractivity contribution in [2.24, 2.45) is 0 Å². The summed E-state index contributed by atoms with van der Waals surface area (Å²) in [5.41, 5.74) is 1.04. The summed E-state index contributed by atoms with van der Waals surface area (Å²) in [6.45, 7) is 4.12. The van der Waals surface area contributed by atoms with Crippen LogP contribution in [0.4, 0.5) is 0 Å². The van der Waals surface area contributed by atoms with Crippen molar-refractivity contribution in [1.29, 1.82) is 0 Å². The number of hydrogen-bond acceptors (Lipinski definition) is 2. The molecule has 0 spiro atoms. The fraction of sp³-hybridized carbons (Fsp3) is 0.455. The highest BCUT2D eigenvalue weighted by atomic mass is 16.2. The maximum absolute atomic E-state index is 11.3. The van der Waals surface area contributed by atoms with Crippen molar-refractivity contribution in [1.82, 2.24) is 10.3 Å². The number of carbonyl (C=O) groups excluding carboxylic acids is 1. The van der Waals surface area contributed by atoms with Gasteiger partial charge in [-0.3, -0.25) is 9.78 Å². The van der Waals surface area contributed by atoms with Crippen LogP contribution in [0, 0.1) is 0 Å². The lowest BCUT2D eigenvalue weighted by Gasteiger charge is -2.26. The molecule has 1 aromatic heterocycles. The molecule has 1 atom stereocenters. The largest absolute Gasteiger partial charge is 0.351 e. The molecule has 0 bridgehead atoms. The summed E-state index contributed by atoms with van der Waals surface area (Å²) in [6.07, 6.45) is 4.12. The van der Waals surface area contributed by atoms with Gasteiger partial charge in [0.25, 0.3) is 0 Å². The van der Waals surface area contributed by atoms with Crippen molar-refractivity contribution in [2.75, 3.05) is 0 Å². The van der Waals surface area contributed by atoms with Gasteiger partial charge in [0.15, 0.2) is 0 Å². The van der Waals surface area contributed by atoms with Gasteiger partial charge in [0.05, 0.1) is 0 Å². The molecule has 0 saturated carbocycles. The zero-order valence-corrected chi connectivity index (χ0v) is 8.45. The Kier molecular flexibility index (Phi) is 2.02. The lowest BCUT2D eigenvalue weighted by molar-refractivity contribution is -0.119. The molecule has 1 N–H and O–H groups in total. The number of rotatable bonds is 1. The van der Waals surface area contributed by atoms with E-state index in [2.05, 4.69) is 24.1 Å². The molecule has 3 heteroatoms. The van der Waals surface area contributed by atoms with Gasteiger partial charge in [0.1, 0.15) is 0 Å². The average molecular weight is 190 g/mol. The number of aromatic nitrogens is 1. The Hall–Kier alpha value is -1.38. The van der Waals surface area contributed by atoms with Crippen LogP contribution >= 0.6 is 0 Å². The molecule has 1 unspecified atom stereocenters. The fourth-order valence-electron chi connectivity index (χ4n) is 2.07. The van der Waals surface area contributed by atoms with Crippen LogP contribution < -0.4 is 5.32 Å². The number of carbonyl (C=O) groups is 1. The molecule has 1 aromatic rings. The Bertz CT molecular complexity index is 346. The molecule has 14 heavy (non-hydrogen) atoms. The summed E-state index contributed by atoms with van der Waals surface area (Å²) < 4.78 is 0. The summed E-state index contributed by atoms with van der Waals surface area (Å²) in [5, 5.41) is 2.98. The van der Waals surface area contributed by atoms with Gasteiger partial charge in [-0.15, -0.1) is 0 Å². The molecule has 0 aliphatic carbocycles. The summed E-state index contributed by atoms with van der Waals surface area (Å²) >= 11 is 0. The zero-order chi connectivity index (χ0) is 10.2. The topological polar surface area (TPSA) is 42.0 Å². The van der Waals surface area contributed by atoms with Crippen LogP contribution in [0.1, 0.15) is 31.7 Å². The molecule has 1 amide bonds. The quantitative estimate of drug-likeness (QED) is 0.728. The van der Waals surface area contributed by atoms with Crippen molar-refractivity contribution >= 4 is 5.91 Å². The second-order valence-electron chi connectivity index (χ2n) is 4.31. The second-order valence-corrected chi connectivity index (χ2v) is 4.31. The molecular formula is C11H14N2O. The molecule has 2 rings (SSSR count). The van der Waals surface area contributed by atoms with E-state index in [0.717, 1.165) is 0 Å². The van der Waals surface area contributed by atoms with E-state index in [1.807, 2.05) is 12.1 Å². The minimum absolute atomic E-state index is 0.136. The van der Waals surface area contributed by atoms with Crippen LogP contribution in [0.5, 0.6) is 0 Å². The number of pyridine rings is 1. The standard InChI is InChI=1S/C11H14N2O/c1-11(2)9(7-10(14)13-11)8-3-5-12-6-4-8/h3-6,9H,7H2,1-2H3,(H,13,14). The van der Waals surface area contributed by atoms with Crippen molar-refractivity contribution in [2.45, 2.75) is 31.7 Å². The van der Waals surface area contributed by atoms with Crippen molar-refractivity contribution in [3.05, 3.63) is 30.1 Å². The van der Waals surface area contributed by atoms with Crippen molar-refractivity contribution in [3.8, 4) is 0 Å².